The van der Waals surface area contributed by atoms with Crippen molar-refractivity contribution in [3.63, 3.8) is 0 Å². The Hall–Kier alpha value is -2.81. The first-order valence-corrected chi connectivity index (χ1v) is 13.9. The van der Waals surface area contributed by atoms with Gasteiger partial charge in [-0.05, 0) is 78.2 Å². The lowest BCUT2D eigenvalue weighted by Gasteiger charge is -2.33. The summed E-state index contributed by atoms with van der Waals surface area (Å²) < 4.78 is 0. The van der Waals surface area contributed by atoms with Crippen LogP contribution in [0.15, 0.2) is 42.5 Å². The molecule has 2 aromatic carbocycles. The molecule has 37 heavy (non-hydrogen) atoms. The molecule has 0 bridgehead atoms. The van der Waals surface area contributed by atoms with E-state index in [4.69, 9.17) is 0 Å². The van der Waals surface area contributed by atoms with E-state index in [1.165, 1.54) is 18.1 Å². The summed E-state index contributed by atoms with van der Waals surface area (Å²) in [6.45, 7) is 14.3. The Morgan fingerprint density at radius 2 is 1.73 bits per heavy atom. The number of hydrogen-bond acceptors (Lipinski definition) is 3. The Balaban J connectivity index is 2.06. The first kappa shape index (κ1) is 28.8. The van der Waals surface area contributed by atoms with Crippen molar-refractivity contribution in [2.75, 3.05) is 0 Å². The highest BCUT2D eigenvalue weighted by atomic mass is 16.1. The maximum Gasteiger partial charge on any atom is 0.164 e. The van der Waals surface area contributed by atoms with Gasteiger partial charge in [0, 0.05) is 17.9 Å². The predicted octanol–water partition coefficient (Wildman–Crippen LogP) is 8.42. The smallest absolute Gasteiger partial charge is 0.164 e. The third-order valence-electron chi connectivity index (χ3n) is 7.93. The molecule has 0 spiro atoms. The van der Waals surface area contributed by atoms with Gasteiger partial charge in [-0.15, -0.1) is 0 Å². The summed E-state index contributed by atoms with van der Waals surface area (Å²) in [6, 6.07) is 14.9. The summed E-state index contributed by atoms with van der Waals surface area (Å²) in [5, 5.41) is 0. The molecule has 0 heterocycles. The van der Waals surface area contributed by atoms with E-state index in [1.54, 1.807) is 0 Å². The van der Waals surface area contributed by atoms with Gasteiger partial charge >= 0.3 is 0 Å². The second-order valence-electron chi connectivity index (χ2n) is 11.9. The van der Waals surface area contributed by atoms with Crippen LogP contribution in [0.3, 0.4) is 0 Å². The lowest BCUT2D eigenvalue weighted by molar-refractivity contribution is -0.129. The van der Waals surface area contributed by atoms with Crippen molar-refractivity contribution >= 4 is 29.0 Å². The van der Waals surface area contributed by atoms with Crippen molar-refractivity contribution in [2.45, 2.75) is 92.4 Å². The third-order valence-corrected chi connectivity index (χ3v) is 7.93. The Morgan fingerprint density at radius 1 is 1.05 bits per heavy atom. The second kappa shape index (κ2) is 12.2. The number of benzene rings is 2. The molecule has 3 rings (SSSR count). The van der Waals surface area contributed by atoms with E-state index in [0.29, 0.717) is 6.42 Å². The number of allylic oxidation sites excluding steroid dienone is 1. The number of rotatable bonds is 10. The van der Waals surface area contributed by atoms with Gasteiger partial charge in [0.1, 0.15) is 11.6 Å². The van der Waals surface area contributed by atoms with Crippen LogP contribution in [-0.2, 0) is 15.0 Å². The number of ketones is 3. The molecule has 0 saturated carbocycles. The van der Waals surface area contributed by atoms with Crippen molar-refractivity contribution in [1.29, 1.82) is 0 Å². The minimum atomic E-state index is -0.148. The minimum Gasteiger partial charge on any atom is -0.300 e. The molecule has 3 atom stereocenters. The Labute approximate surface area is 223 Å². The zero-order chi connectivity index (χ0) is 27.3. The van der Waals surface area contributed by atoms with Crippen LogP contribution in [-0.4, -0.2) is 17.3 Å². The summed E-state index contributed by atoms with van der Waals surface area (Å²) in [6.07, 6.45) is 6.11. The number of hydrogen-bond donors (Lipinski definition) is 0. The van der Waals surface area contributed by atoms with E-state index in [2.05, 4.69) is 64.1 Å². The predicted molar refractivity (Wildman–Crippen MR) is 154 cm³/mol. The second-order valence-corrected chi connectivity index (χ2v) is 11.9. The highest BCUT2D eigenvalue weighted by Crippen LogP contribution is 2.43. The molecule has 0 fully saturated rings. The van der Waals surface area contributed by atoms with Crippen LogP contribution < -0.4 is 0 Å². The summed E-state index contributed by atoms with van der Waals surface area (Å²) >= 11 is 0. The number of fused-ring (bicyclic) bond motifs is 1. The zero-order valence-corrected chi connectivity index (χ0v) is 23.8. The molecule has 0 saturated heterocycles. The highest BCUT2D eigenvalue weighted by molar-refractivity contribution is 6.07. The van der Waals surface area contributed by atoms with Gasteiger partial charge in [0.05, 0.1) is 6.42 Å². The number of carbonyl (C=O) groups excluding carboxylic acids is 3. The third kappa shape index (κ3) is 6.94. The quantitative estimate of drug-likeness (QED) is 0.308. The highest BCUT2D eigenvalue weighted by Gasteiger charge is 2.35. The summed E-state index contributed by atoms with van der Waals surface area (Å²) in [7, 11) is 0. The SMILES string of the molecule is CCCC(CC1CC(=O)c2c(C)cccc2/C1=C\c1ccc(C(C)(C)C)cc1)C(CC)C(=O)CC(C)=O. The molecule has 0 N–H and O–H groups in total. The Bertz CT molecular complexity index is 1160. The van der Waals surface area contributed by atoms with Gasteiger partial charge in [-0.1, -0.05) is 89.6 Å². The Kier molecular flexibility index (Phi) is 9.45. The Morgan fingerprint density at radius 3 is 2.30 bits per heavy atom. The van der Waals surface area contributed by atoms with E-state index in [9.17, 15) is 14.4 Å². The maximum absolute atomic E-state index is 13.4. The molecular formula is C34H44O3. The van der Waals surface area contributed by atoms with Crippen LogP contribution in [0.2, 0.25) is 0 Å². The largest absolute Gasteiger partial charge is 0.300 e. The van der Waals surface area contributed by atoms with Crippen LogP contribution in [0.5, 0.6) is 0 Å². The van der Waals surface area contributed by atoms with Gasteiger partial charge in [-0.25, -0.2) is 0 Å². The minimum absolute atomic E-state index is 0.00711. The van der Waals surface area contributed by atoms with Gasteiger partial charge in [0.15, 0.2) is 5.78 Å². The molecule has 1 aliphatic rings. The van der Waals surface area contributed by atoms with Crippen LogP contribution in [0.1, 0.15) is 113 Å². The topological polar surface area (TPSA) is 51.2 Å². The molecule has 0 aromatic heterocycles. The average molecular weight is 501 g/mol. The standard InChI is InChI=1S/C34H44O3/c1-8-11-25(28(9-2)31(36)18-23(4)35)20-26-21-32(37)33-22(3)12-10-13-29(33)30(26)19-24-14-16-27(17-15-24)34(5,6)7/h10,12-17,19,25-26,28H,8-9,11,18,20-21H2,1-7H3/b30-19-. The van der Waals surface area contributed by atoms with E-state index >= 15 is 0 Å². The van der Waals surface area contributed by atoms with Crippen molar-refractivity contribution < 1.29 is 14.4 Å². The molecule has 0 radical (unpaired) electrons. The number of carbonyl (C=O) groups is 3. The van der Waals surface area contributed by atoms with Crippen LogP contribution in [0.4, 0.5) is 0 Å². The molecule has 0 aliphatic heterocycles. The monoisotopic (exact) mass is 500 g/mol. The van der Waals surface area contributed by atoms with Gasteiger partial charge < -0.3 is 0 Å². The summed E-state index contributed by atoms with van der Waals surface area (Å²) in [4.78, 5) is 38.1. The summed E-state index contributed by atoms with van der Waals surface area (Å²) in [5.74, 6) is 0.213. The van der Waals surface area contributed by atoms with Gasteiger partial charge in [-0.3, -0.25) is 14.4 Å². The fourth-order valence-corrected chi connectivity index (χ4v) is 6.02. The van der Waals surface area contributed by atoms with Crippen molar-refractivity contribution in [2.24, 2.45) is 17.8 Å². The van der Waals surface area contributed by atoms with Crippen LogP contribution in [0, 0.1) is 24.7 Å². The fourth-order valence-electron chi connectivity index (χ4n) is 6.02. The van der Waals surface area contributed by atoms with Crippen LogP contribution in [0.25, 0.3) is 11.6 Å². The van der Waals surface area contributed by atoms with Crippen molar-refractivity contribution in [1.82, 2.24) is 0 Å². The number of Topliss-reactive ketones (excluding diaryl/α,β-unsaturated/α-hetero) is 3. The summed E-state index contributed by atoms with van der Waals surface area (Å²) in [5.41, 5.74) is 6.58. The van der Waals surface area contributed by atoms with E-state index in [0.717, 1.165) is 47.9 Å². The maximum atomic E-state index is 13.4. The normalized spacial score (nSPS) is 18.4. The van der Waals surface area contributed by atoms with Crippen molar-refractivity contribution in [3.8, 4) is 0 Å². The van der Waals surface area contributed by atoms with Gasteiger partial charge in [0.2, 0.25) is 0 Å². The molecule has 3 nitrogen and oxygen atoms in total. The first-order valence-electron chi connectivity index (χ1n) is 13.9. The van der Waals surface area contributed by atoms with Crippen LogP contribution >= 0.6 is 0 Å². The first-order chi connectivity index (χ1) is 17.5. The molecular weight excluding hydrogens is 456 g/mol. The molecule has 2 aromatic rings. The van der Waals surface area contributed by atoms with E-state index < -0.39 is 0 Å². The van der Waals surface area contributed by atoms with Crippen molar-refractivity contribution in [3.05, 3.63) is 70.3 Å². The van der Waals surface area contributed by atoms with E-state index in [1.807, 2.05) is 26.0 Å². The molecule has 1 aliphatic carbocycles. The number of aryl methyl sites for hydroxylation is 1. The molecule has 3 unspecified atom stereocenters. The van der Waals surface area contributed by atoms with Gasteiger partial charge in [-0.2, -0.15) is 0 Å². The fraction of sp³-hybridized carbons (Fsp3) is 0.500. The molecule has 3 heteroatoms. The molecule has 198 valence electrons. The average Bonchev–Trinajstić information content (AvgIpc) is 2.81. The molecule has 0 amide bonds. The lowest BCUT2D eigenvalue weighted by atomic mass is 9.69. The lowest BCUT2D eigenvalue weighted by Crippen LogP contribution is -2.29. The zero-order valence-electron chi connectivity index (χ0n) is 23.8. The van der Waals surface area contributed by atoms with E-state index in [-0.39, 0.29) is 46.9 Å². The van der Waals surface area contributed by atoms with Gasteiger partial charge in [0.25, 0.3) is 0 Å².